The van der Waals surface area contributed by atoms with Crippen molar-refractivity contribution in [3.63, 3.8) is 0 Å². The lowest BCUT2D eigenvalue weighted by Crippen LogP contribution is -2.54. The second kappa shape index (κ2) is 19.9. The number of piperazine rings is 1. The number of benzene rings is 3. The number of nitrogens with one attached hydrogen (secondary N) is 3. The third kappa shape index (κ3) is 10.4. The summed E-state index contributed by atoms with van der Waals surface area (Å²) in [5, 5.41) is 9.93. The molecule has 338 valence electrons. The van der Waals surface area contributed by atoms with Crippen molar-refractivity contribution in [1.82, 2.24) is 30.0 Å². The van der Waals surface area contributed by atoms with Gasteiger partial charge in [-0.15, -0.1) is 11.8 Å². The van der Waals surface area contributed by atoms with Crippen molar-refractivity contribution < 1.29 is 28.5 Å². The van der Waals surface area contributed by atoms with Gasteiger partial charge in [0.2, 0.25) is 23.7 Å². The zero-order chi connectivity index (χ0) is 45.0. The van der Waals surface area contributed by atoms with Gasteiger partial charge in [-0.3, -0.25) is 29.4 Å². The topological polar surface area (TPSA) is 169 Å². The van der Waals surface area contributed by atoms with E-state index in [9.17, 15) is 23.7 Å². The van der Waals surface area contributed by atoms with E-state index in [1.54, 1.807) is 37.1 Å². The number of thioether (sulfide) groups is 1. The van der Waals surface area contributed by atoms with E-state index >= 15 is 0 Å². The minimum Gasteiger partial charge on any atom is -0.494 e. The number of anilines is 5. The summed E-state index contributed by atoms with van der Waals surface area (Å²) in [6.07, 6.45) is 6.37. The number of piperidine rings is 2. The van der Waals surface area contributed by atoms with Gasteiger partial charge in [-0.2, -0.15) is 4.98 Å². The SMILES string of the molecule is COc1cc(N2CCC(N3CCN(C(=O)CCCCSc4cccc5c4CN(C4CCC(=O)NC4=O)C5=O)CC3)CC2)ccc1Nc1ncc(Cl)c(Nc2ccccc2P(C)(C)=O)n1. The number of rotatable bonds is 15. The number of nitrogens with zero attached hydrogens (tertiary/aromatic N) is 6. The molecule has 1 aromatic heterocycles. The van der Waals surface area contributed by atoms with Crippen molar-refractivity contribution in [2.24, 2.45) is 0 Å². The number of para-hydroxylation sites is 1. The van der Waals surface area contributed by atoms with Crippen molar-refractivity contribution in [2.45, 2.75) is 68.5 Å². The summed E-state index contributed by atoms with van der Waals surface area (Å²) in [5.41, 5.74) is 4.03. The molecule has 0 spiro atoms. The van der Waals surface area contributed by atoms with Crippen molar-refractivity contribution in [3.05, 3.63) is 83.0 Å². The fourth-order valence-electron chi connectivity index (χ4n) is 9.03. The van der Waals surface area contributed by atoms with Gasteiger partial charge in [0.05, 0.1) is 24.7 Å². The Kier molecular flexibility index (Phi) is 14.1. The highest BCUT2D eigenvalue weighted by atomic mass is 35.5. The van der Waals surface area contributed by atoms with Gasteiger partial charge < -0.3 is 34.6 Å². The summed E-state index contributed by atoms with van der Waals surface area (Å²) in [6, 6.07) is 19.1. The largest absolute Gasteiger partial charge is 0.494 e. The van der Waals surface area contributed by atoms with E-state index in [4.69, 9.17) is 16.3 Å². The maximum atomic E-state index is 13.2. The first kappa shape index (κ1) is 45.4. The Labute approximate surface area is 383 Å². The molecule has 0 radical (unpaired) electrons. The molecule has 0 bridgehead atoms. The summed E-state index contributed by atoms with van der Waals surface area (Å²) in [6.45, 7) is 8.89. The van der Waals surface area contributed by atoms with Crippen LogP contribution in [-0.2, 0) is 25.5 Å². The number of carbonyl (C=O) groups is 4. The zero-order valence-corrected chi connectivity index (χ0v) is 38.9. The first-order chi connectivity index (χ1) is 30.9. The van der Waals surface area contributed by atoms with E-state index in [0.717, 1.165) is 86.9 Å². The molecule has 3 N–H and O–H groups in total. The average molecular weight is 928 g/mol. The van der Waals surface area contributed by atoms with E-state index in [0.29, 0.717) is 70.2 Å². The molecule has 64 heavy (non-hydrogen) atoms. The monoisotopic (exact) mass is 927 g/mol. The van der Waals surface area contributed by atoms with Gasteiger partial charge in [0.25, 0.3) is 5.91 Å². The lowest BCUT2D eigenvalue weighted by molar-refractivity contribution is -0.137. The number of hydrogen-bond acceptors (Lipinski definition) is 13. The van der Waals surface area contributed by atoms with Crippen LogP contribution in [0.5, 0.6) is 5.75 Å². The Morgan fingerprint density at radius 1 is 0.938 bits per heavy atom. The number of unbranched alkanes of at least 4 members (excludes halogenated alkanes) is 1. The molecule has 18 heteroatoms. The maximum absolute atomic E-state index is 13.2. The number of aromatic nitrogens is 2. The van der Waals surface area contributed by atoms with Crippen LogP contribution in [0.3, 0.4) is 0 Å². The van der Waals surface area contributed by atoms with Gasteiger partial charge in [-0.05, 0) is 93.1 Å². The number of ether oxygens (including phenoxy) is 1. The van der Waals surface area contributed by atoms with Crippen LogP contribution in [0.1, 0.15) is 60.9 Å². The van der Waals surface area contributed by atoms with E-state index in [-0.39, 0.29) is 24.1 Å². The van der Waals surface area contributed by atoms with Crippen LogP contribution in [0.4, 0.5) is 28.8 Å². The van der Waals surface area contributed by atoms with Crippen molar-refractivity contribution in [1.29, 1.82) is 0 Å². The van der Waals surface area contributed by atoms with Gasteiger partial charge >= 0.3 is 0 Å². The zero-order valence-electron chi connectivity index (χ0n) is 36.5. The van der Waals surface area contributed by atoms with Gasteiger partial charge in [-0.25, -0.2) is 4.98 Å². The summed E-state index contributed by atoms with van der Waals surface area (Å²) in [5.74, 6) is 1.56. The lowest BCUT2D eigenvalue weighted by atomic mass is 10.0. The molecule has 4 aromatic rings. The summed E-state index contributed by atoms with van der Waals surface area (Å²) in [4.78, 5) is 69.1. The van der Waals surface area contributed by atoms with Crippen LogP contribution in [0.25, 0.3) is 0 Å². The standard InChI is InChI=1S/C46H55ClN9O6PS/c1-62-38-27-31(14-15-35(38)50-46-48-28-34(47)43(52-46)49-36-10-4-5-11-39(36)63(2,3)61)53-20-18-30(19-21-53)54-22-24-55(25-23-54)42(58)13-6-7-26-64-40-12-8-9-32-33(40)29-56(45(32)60)37-16-17-41(57)51-44(37)59/h4-5,8-12,14-15,27-28,30,37H,6-7,13,16-26,29H2,1-3H3,(H,51,57,59)(H2,48,49,50,52). The minimum absolute atomic E-state index is 0.164. The van der Waals surface area contributed by atoms with Crippen LogP contribution >= 0.6 is 30.5 Å². The molecular weight excluding hydrogens is 873 g/mol. The number of hydrogen-bond donors (Lipinski definition) is 3. The second-order valence-electron chi connectivity index (χ2n) is 17.0. The van der Waals surface area contributed by atoms with Gasteiger partial charge in [-0.1, -0.05) is 29.8 Å². The Morgan fingerprint density at radius 3 is 2.47 bits per heavy atom. The third-order valence-electron chi connectivity index (χ3n) is 12.5. The molecule has 3 aromatic carbocycles. The first-order valence-corrected chi connectivity index (χ1v) is 25.9. The Balaban J connectivity index is 0.760. The van der Waals surface area contributed by atoms with Crippen LogP contribution in [0.15, 0.2) is 71.8 Å². The molecule has 4 amide bonds. The van der Waals surface area contributed by atoms with Crippen molar-refractivity contribution in [3.8, 4) is 5.75 Å². The molecule has 5 heterocycles. The Hall–Kier alpha value is -5.15. The van der Waals surface area contributed by atoms with Gasteiger partial charge in [0.15, 0.2) is 5.82 Å². The molecule has 3 saturated heterocycles. The maximum Gasteiger partial charge on any atom is 0.255 e. The fraction of sp³-hybridized carbons (Fsp3) is 0.435. The highest BCUT2D eigenvalue weighted by Gasteiger charge is 2.40. The van der Waals surface area contributed by atoms with Crippen molar-refractivity contribution >= 4 is 88.3 Å². The number of halogens is 1. The highest BCUT2D eigenvalue weighted by Crippen LogP contribution is 2.40. The predicted molar refractivity (Wildman–Crippen MR) is 253 cm³/mol. The average Bonchev–Trinajstić information content (AvgIpc) is 3.63. The number of fused-ring (bicyclic) bond motifs is 1. The summed E-state index contributed by atoms with van der Waals surface area (Å²) < 4.78 is 18.7. The molecule has 4 aliphatic heterocycles. The fourth-order valence-corrected chi connectivity index (χ4v) is 11.4. The van der Waals surface area contributed by atoms with Crippen molar-refractivity contribution in [2.75, 3.05) is 81.0 Å². The number of imide groups is 1. The van der Waals surface area contributed by atoms with E-state index in [2.05, 4.69) is 41.8 Å². The van der Waals surface area contributed by atoms with Crippen LogP contribution in [0, 0.1) is 0 Å². The highest BCUT2D eigenvalue weighted by molar-refractivity contribution is 7.99. The summed E-state index contributed by atoms with van der Waals surface area (Å²) in [7, 11) is -0.913. The molecule has 1 atom stereocenters. The van der Waals surface area contributed by atoms with Gasteiger partial charge in [0.1, 0.15) is 24.0 Å². The molecule has 1 unspecified atom stereocenters. The quantitative estimate of drug-likeness (QED) is 0.0499. The number of methoxy groups -OCH3 is 1. The molecular formula is C46H55ClN9O6PS. The molecule has 0 aliphatic carbocycles. The molecule has 0 saturated carbocycles. The normalized spacial score (nSPS) is 18.5. The predicted octanol–water partition coefficient (Wildman–Crippen LogP) is 6.71. The molecule has 4 aliphatic rings. The Bertz CT molecular complexity index is 2460. The van der Waals surface area contributed by atoms with Crippen LogP contribution < -0.4 is 30.9 Å². The third-order valence-corrected chi connectivity index (χ3v) is 15.5. The first-order valence-electron chi connectivity index (χ1n) is 21.9. The Morgan fingerprint density at radius 2 is 1.72 bits per heavy atom. The molecule has 8 rings (SSSR count). The number of carbonyl (C=O) groups excluding carboxylic acids is 4. The van der Waals surface area contributed by atoms with E-state index < -0.39 is 19.1 Å². The second-order valence-corrected chi connectivity index (χ2v) is 21.7. The number of amides is 4. The van der Waals surface area contributed by atoms with Crippen LogP contribution in [0.2, 0.25) is 5.02 Å². The van der Waals surface area contributed by atoms with E-state index in [1.807, 2.05) is 59.5 Å². The van der Waals surface area contributed by atoms with E-state index in [1.165, 1.54) is 6.20 Å². The van der Waals surface area contributed by atoms with Gasteiger partial charge in [0, 0.05) is 92.2 Å². The smallest absolute Gasteiger partial charge is 0.255 e. The molecule has 3 fully saturated rings. The van der Waals surface area contributed by atoms with Crippen LogP contribution in [-0.4, -0.2) is 126 Å². The lowest BCUT2D eigenvalue weighted by Gasteiger charge is -2.43. The summed E-state index contributed by atoms with van der Waals surface area (Å²) >= 11 is 8.17. The minimum atomic E-state index is -2.56. The molecule has 15 nitrogen and oxygen atoms in total.